The summed E-state index contributed by atoms with van der Waals surface area (Å²) < 4.78 is 6.12. The Morgan fingerprint density at radius 2 is 1.92 bits per heavy atom. The number of nitrogens with zero attached hydrogens (tertiary/aromatic N) is 2. The lowest BCUT2D eigenvalue weighted by Crippen LogP contribution is -2.23. The van der Waals surface area contributed by atoms with Gasteiger partial charge in [-0.3, -0.25) is 0 Å². The van der Waals surface area contributed by atoms with Crippen molar-refractivity contribution in [2.75, 3.05) is 18.0 Å². The van der Waals surface area contributed by atoms with Crippen LogP contribution >= 0.6 is 15.9 Å². The lowest BCUT2D eigenvalue weighted by molar-refractivity contribution is 0.514. The van der Waals surface area contributed by atoms with E-state index in [9.17, 15) is 0 Å². The number of hydrogen-bond acceptors (Lipinski definition) is 3. The van der Waals surface area contributed by atoms with Crippen LogP contribution in [0.2, 0.25) is 0 Å². The van der Waals surface area contributed by atoms with E-state index in [1.807, 2.05) is 0 Å². The van der Waals surface area contributed by atoms with Crippen LogP contribution in [0.4, 0.5) is 6.01 Å². The second kappa shape index (κ2) is 4.13. The predicted molar refractivity (Wildman–Crippen MR) is 54.9 cm³/mol. The summed E-state index contributed by atoms with van der Waals surface area (Å²) in [6, 6.07) is 0.758. The maximum atomic E-state index is 5.41. The molecule has 0 aliphatic carbocycles. The van der Waals surface area contributed by atoms with E-state index >= 15 is 0 Å². The van der Waals surface area contributed by atoms with E-state index in [0.29, 0.717) is 4.67 Å². The highest BCUT2D eigenvalue weighted by Gasteiger charge is 2.13. The van der Waals surface area contributed by atoms with Gasteiger partial charge in [0, 0.05) is 13.1 Å². The number of halogens is 1. The van der Waals surface area contributed by atoms with Gasteiger partial charge < -0.3 is 9.32 Å². The van der Waals surface area contributed by atoms with E-state index in [-0.39, 0.29) is 0 Å². The maximum Gasteiger partial charge on any atom is 0.298 e. The van der Waals surface area contributed by atoms with Gasteiger partial charge in [-0.15, -0.1) is 0 Å². The smallest absolute Gasteiger partial charge is 0.298 e. The molecular weight excluding hydrogens is 232 g/mol. The molecule has 2 rings (SSSR count). The van der Waals surface area contributed by atoms with Crippen LogP contribution in [-0.2, 0) is 0 Å². The van der Waals surface area contributed by atoms with Crippen LogP contribution in [0, 0.1) is 0 Å². The Balaban J connectivity index is 2.06. The summed E-state index contributed by atoms with van der Waals surface area (Å²) in [5.74, 6) is 0. The van der Waals surface area contributed by atoms with Gasteiger partial charge >= 0.3 is 0 Å². The fraction of sp³-hybridized carbons (Fsp3) is 0.667. The Labute approximate surface area is 86.3 Å². The quantitative estimate of drug-likeness (QED) is 0.761. The zero-order chi connectivity index (χ0) is 9.10. The maximum absolute atomic E-state index is 5.41. The van der Waals surface area contributed by atoms with Crippen LogP contribution < -0.4 is 4.90 Å². The summed E-state index contributed by atoms with van der Waals surface area (Å²) in [6.07, 6.45) is 6.87. The van der Waals surface area contributed by atoms with Crippen molar-refractivity contribution in [1.29, 1.82) is 0 Å². The number of oxazole rings is 1. The van der Waals surface area contributed by atoms with Gasteiger partial charge in [0.2, 0.25) is 0 Å². The minimum atomic E-state index is 0.715. The van der Waals surface area contributed by atoms with E-state index in [4.69, 9.17) is 4.42 Å². The molecule has 2 heterocycles. The lowest BCUT2D eigenvalue weighted by atomic mass is 10.2. The van der Waals surface area contributed by atoms with E-state index in [1.165, 1.54) is 25.7 Å². The summed E-state index contributed by atoms with van der Waals surface area (Å²) in [5.41, 5.74) is 0. The van der Waals surface area contributed by atoms with Crippen molar-refractivity contribution in [2.45, 2.75) is 25.7 Å². The average Bonchev–Trinajstić information content (AvgIpc) is 2.43. The average molecular weight is 245 g/mol. The lowest BCUT2D eigenvalue weighted by Gasteiger charge is -2.16. The fourth-order valence-electron chi connectivity index (χ4n) is 1.65. The molecule has 72 valence electrons. The Bertz CT molecular complexity index is 266. The molecule has 3 nitrogen and oxygen atoms in total. The molecule has 1 fully saturated rings. The second-order valence-electron chi connectivity index (χ2n) is 3.35. The molecule has 1 aromatic heterocycles. The van der Waals surface area contributed by atoms with Crippen molar-refractivity contribution in [3.05, 3.63) is 10.9 Å². The van der Waals surface area contributed by atoms with Crippen molar-refractivity contribution in [1.82, 2.24) is 4.98 Å². The molecule has 0 aromatic carbocycles. The Kier molecular flexibility index (Phi) is 2.88. The summed E-state index contributed by atoms with van der Waals surface area (Å²) in [7, 11) is 0. The van der Waals surface area contributed by atoms with Crippen LogP contribution in [0.15, 0.2) is 15.3 Å². The molecule has 13 heavy (non-hydrogen) atoms. The molecule has 1 saturated heterocycles. The molecule has 0 amide bonds. The van der Waals surface area contributed by atoms with Crippen molar-refractivity contribution in [3.63, 3.8) is 0 Å². The van der Waals surface area contributed by atoms with Gasteiger partial charge in [0.15, 0.2) is 4.67 Å². The molecule has 1 aromatic rings. The van der Waals surface area contributed by atoms with Crippen molar-refractivity contribution >= 4 is 21.9 Å². The molecule has 0 bridgehead atoms. The molecule has 4 heteroatoms. The number of hydrogen-bond donors (Lipinski definition) is 0. The fourth-order valence-corrected chi connectivity index (χ4v) is 1.90. The Morgan fingerprint density at radius 1 is 1.23 bits per heavy atom. The van der Waals surface area contributed by atoms with Crippen LogP contribution in [0.1, 0.15) is 25.7 Å². The molecule has 0 unspecified atom stereocenters. The molecule has 1 aliphatic heterocycles. The van der Waals surface area contributed by atoms with E-state index < -0.39 is 0 Å². The molecule has 0 saturated carbocycles. The molecule has 0 spiro atoms. The number of aromatic nitrogens is 1. The summed E-state index contributed by atoms with van der Waals surface area (Å²) >= 11 is 3.26. The summed E-state index contributed by atoms with van der Waals surface area (Å²) in [4.78, 5) is 6.41. The minimum absolute atomic E-state index is 0.715. The van der Waals surface area contributed by atoms with Gasteiger partial charge in [0.25, 0.3) is 6.01 Å². The molecule has 0 N–H and O–H groups in total. The van der Waals surface area contributed by atoms with Crippen molar-refractivity contribution < 1.29 is 4.42 Å². The Morgan fingerprint density at radius 3 is 2.46 bits per heavy atom. The van der Waals surface area contributed by atoms with Crippen LogP contribution in [-0.4, -0.2) is 18.1 Å². The third-order valence-corrected chi connectivity index (χ3v) is 2.71. The number of rotatable bonds is 1. The summed E-state index contributed by atoms with van der Waals surface area (Å²) in [5, 5.41) is 0. The van der Waals surface area contributed by atoms with Crippen LogP contribution in [0.3, 0.4) is 0 Å². The van der Waals surface area contributed by atoms with Gasteiger partial charge in [0.1, 0.15) is 0 Å². The van der Waals surface area contributed by atoms with Crippen molar-refractivity contribution in [3.8, 4) is 0 Å². The first-order chi connectivity index (χ1) is 6.36. The van der Waals surface area contributed by atoms with Gasteiger partial charge in [-0.1, -0.05) is 12.8 Å². The zero-order valence-electron chi connectivity index (χ0n) is 7.50. The monoisotopic (exact) mass is 244 g/mol. The molecule has 0 atom stereocenters. The SMILES string of the molecule is Brc1cnc(N2CCCCCC2)o1. The highest BCUT2D eigenvalue weighted by Crippen LogP contribution is 2.21. The standard InChI is InChI=1S/C9H13BrN2O/c10-8-7-11-9(13-8)12-5-3-1-2-4-6-12/h7H,1-6H2. The first-order valence-electron chi connectivity index (χ1n) is 4.72. The molecule has 0 radical (unpaired) electrons. The second-order valence-corrected chi connectivity index (χ2v) is 4.13. The first kappa shape index (κ1) is 9.06. The number of anilines is 1. The molecule has 1 aliphatic rings. The highest BCUT2D eigenvalue weighted by molar-refractivity contribution is 9.10. The zero-order valence-corrected chi connectivity index (χ0v) is 9.09. The van der Waals surface area contributed by atoms with Gasteiger partial charge in [-0.2, -0.15) is 0 Å². The third kappa shape index (κ3) is 2.24. The first-order valence-corrected chi connectivity index (χ1v) is 5.52. The predicted octanol–water partition coefficient (Wildman–Crippen LogP) is 2.82. The van der Waals surface area contributed by atoms with E-state index in [1.54, 1.807) is 6.20 Å². The van der Waals surface area contributed by atoms with Crippen molar-refractivity contribution in [2.24, 2.45) is 0 Å². The largest absolute Gasteiger partial charge is 0.416 e. The van der Waals surface area contributed by atoms with Gasteiger partial charge in [0.05, 0.1) is 6.20 Å². The topological polar surface area (TPSA) is 29.3 Å². The van der Waals surface area contributed by atoms with Crippen LogP contribution in [0.25, 0.3) is 0 Å². The molecular formula is C9H13BrN2O. The van der Waals surface area contributed by atoms with Gasteiger partial charge in [-0.05, 0) is 28.8 Å². The third-order valence-electron chi connectivity index (χ3n) is 2.34. The normalized spacial score (nSPS) is 18.7. The Hall–Kier alpha value is -0.510. The van der Waals surface area contributed by atoms with E-state index in [0.717, 1.165) is 19.1 Å². The van der Waals surface area contributed by atoms with Crippen LogP contribution in [0.5, 0.6) is 0 Å². The van der Waals surface area contributed by atoms with Gasteiger partial charge in [-0.25, -0.2) is 4.98 Å². The summed E-state index contributed by atoms with van der Waals surface area (Å²) in [6.45, 7) is 2.15. The minimum Gasteiger partial charge on any atom is -0.416 e. The van der Waals surface area contributed by atoms with E-state index in [2.05, 4.69) is 25.8 Å². The highest BCUT2D eigenvalue weighted by atomic mass is 79.9.